The van der Waals surface area contributed by atoms with Crippen molar-refractivity contribution in [3.05, 3.63) is 105 Å². The van der Waals surface area contributed by atoms with Crippen LogP contribution in [0.3, 0.4) is 0 Å². The molecule has 2 atom stereocenters. The molecular weight excluding hydrogens is 570 g/mol. The second-order valence-corrected chi connectivity index (χ2v) is 12.0. The van der Waals surface area contributed by atoms with Crippen LogP contribution >= 0.6 is 0 Å². The van der Waals surface area contributed by atoms with E-state index in [0.717, 1.165) is 47.9 Å². The summed E-state index contributed by atoms with van der Waals surface area (Å²) in [6.45, 7) is 4.47. The van der Waals surface area contributed by atoms with E-state index in [1.54, 1.807) is 29.2 Å². The van der Waals surface area contributed by atoms with E-state index < -0.39 is 12.1 Å². The van der Waals surface area contributed by atoms with Crippen molar-refractivity contribution in [1.29, 1.82) is 0 Å². The highest BCUT2D eigenvalue weighted by Gasteiger charge is 2.47. The van der Waals surface area contributed by atoms with Gasteiger partial charge in [0.15, 0.2) is 0 Å². The van der Waals surface area contributed by atoms with Gasteiger partial charge >= 0.3 is 0 Å². The van der Waals surface area contributed by atoms with Crippen LogP contribution in [0.2, 0.25) is 0 Å². The number of rotatable bonds is 11. The molecule has 242 valence electrons. The minimum atomic E-state index is -0.551. The first-order valence-electron chi connectivity index (χ1n) is 15.8. The third-order valence-corrected chi connectivity index (χ3v) is 9.31. The Kier molecular flexibility index (Phi) is 12.3. The Morgan fingerprint density at radius 2 is 1.31 bits per heavy atom. The number of hydrogen-bond donors (Lipinski definition) is 6. The van der Waals surface area contributed by atoms with Crippen LogP contribution < -0.4 is 11.1 Å². The lowest BCUT2D eigenvalue weighted by Crippen LogP contribution is -2.66. The van der Waals surface area contributed by atoms with Gasteiger partial charge in [-0.05, 0) is 69.2 Å². The highest BCUT2D eigenvalue weighted by molar-refractivity contribution is 5.97. The van der Waals surface area contributed by atoms with Crippen molar-refractivity contribution < 1.29 is 30.0 Å². The molecule has 7 N–H and O–H groups in total. The molecule has 1 aliphatic carbocycles. The zero-order valence-electron chi connectivity index (χ0n) is 26.3. The molecule has 1 aliphatic heterocycles. The SMILES string of the molecule is CCC(CC)[C@@H]1C(=O)N[C@H](C2Cc3ccccc3C2)C(=O)N1Cc1ccc(CO)cc1CO.NCc1ccc(CO)cc1CO. The largest absolute Gasteiger partial charge is 0.392 e. The fraction of sp³-hybridized carbons (Fsp3) is 0.444. The first-order valence-corrected chi connectivity index (χ1v) is 15.8. The van der Waals surface area contributed by atoms with Crippen LogP contribution in [0, 0.1) is 11.8 Å². The number of carbonyl (C=O) groups is 2. The van der Waals surface area contributed by atoms with Crippen LogP contribution in [-0.4, -0.2) is 49.2 Å². The van der Waals surface area contributed by atoms with Crippen molar-refractivity contribution >= 4 is 11.8 Å². The summed E-state index contributed by atoms with van der Waals surface area (Å²) in [6, 6.07) is 18.0. The Labute approximate surface area is 265 Å². The molecule has 2 amide bonds. The highest BCUT2D eigenvalue weighted by Crippen LogP contribution is 2.33. The quantitative estimate of drug-likeness (QED) is 0.193. The number of piperazine rings is 1. The van der Waals surface area contributed by atoms with E-state index in [2.05, 4.69) is 31.3 Å². The van der Waals surface area contributed by atoms with Gasteiger partial charge in [0.1, 0.15) is 12.1 Å². The molecule has 0 saturated carbocycles. The van der Waals surface area contributed by atoms with Crippen molar-refractivity contribution in [2.45, 2.75) is 91.1 Å². The number of nitrogens with two attached hydrogens (primary N) is 1. The molecule has 0 aromatic heterocycles. The first kappa shape index (κ1) is 34.3. The molecule has 0 radical (unpaired) electrons. The van der Waals surface area contributed by atoms with E-state index in [4.69, 9.17) is 15.9 Å². The molecule has 1 heterocycles. The molecule has 0 spiro atoms. The van der Waals surface area contributed by atoms with Gasteiger partial charge in [0.25, 0.3) is 0 Å². The maximum absolute atomic E-state index is 13.9. The number of nitrogens with one attached hydrogen (secondary N) is 1. The number of amides is 2. The minimum absolute atomic E-state index is 0.00213. The molecular formula is C36H47N3O6. The lowest BCUT2D eigenvalue weighted by Gasteiger charge is -2.44. The summed E-state index contributed by atoms with van der Waals surface area (Å²) in [5.74, 6) is -0.0238. The number of nitrogens with zero attached hydrogens (tertiary/aromatic N) is 1. The third-order valence-electron chi connectivity index (χ3n) is 9.31. The van der Waals surface area contributed by atoms with E-state index in [-0.39, 0.29) is 56.6 Å². The van der Waals surface area contributed by atoms with Gasteiger partial charge in [0.05, 0.1) is 26.4 Å². The summed E-state index contributed by atoms with van der Waals surface area (Å²) in [5.41, 5.74) is 12.7. The number of fused-ring (bicyclic) bond motifs is 1. The summed E-state index contributed by atoms with van der Waals surface area (Å²) in [7, 11) is 0. The van der Waals surface area contributed by atoms with Gasteiger partial charge in [0.2, 0.25) is 11.8 Å². The van der Waals surface area contributed by atoms with Crippen molar-refractivity contribution in [2.75, 3.05) is 0 Å². The fourth-order valence-corrected chi connectivity index (χ4v) is 6.67. The van der Waals surface area contributed by atoms with Crippen molar-refractivity contribution in [2.24, 2.45) is 17.6 Å². The van der Waals surface area contributed by atoms with Gasteiger partial charge < -0.3 is 36.4 Å². The van der Waals surface area contributed by atoms with E-state index in [9.17, 15) is 19.8 Å². The van der Waals surface area contributed by atoms with Crippen molar-refractivity contribution in [3.63, 3.8) is 0 Å². The van der Waals surface area contributed by atoms with E-state index in [1.165, 1.54) is 11.1 Å². The zero-order chi connectivity index (χ0) is 32.5. The lowest BCUT2D eigenvalue weighted by atomic mass is 9.85. The molecule has 3 aromatic carbocycles. The summed E-state index contributed by atoms with van der Waals surface area (Å²) in [4.78, 5) is 29.0. The van der Waals surface area contributed by atoms with E-state index >= 15 is 0 Å². The first-order chi connectivity index (χ1) is 21.8. The molecule has 45 heavy (non-hydrogen) atoms. The monoisotopic (exact) mass is 617 g/mol. The maximum atomic E-state index is 13.9. The topological polar surface area (TPSA) is 156 Å². The lowest BCUT2D eigenvalue weighted by molar-refractivity contribution is -0.154. The number of aliphatic hydroxyl groups is 4. The molecule has 0 bridgehead atoms. The number of hydrogen-bond acceptors (Lipinski definition) is 7. The van der Waals surface area contributed by atoms with Crippen LogP contribution in [0.1, 0.15) is 71.2 Å². The van der Waals surface area contributed by atoms with Crippen LogP contribution in [-0.2, 0) is 61.9 Å². The highest BCUT2D eigenvalue weighted by atomic mass is 16.3. The molecule has 0 unspecified atom stereocenters. The molecule has 3 aromatic rings. The summed E-state index contributed by atoms with van der Waals surface area (Å²) < 4.78 is 0. The number of carbonyl (C=O) groups excluding carboxylic acids is 2. The minimum Gasteiger partial charge on any atom is -0.392 e. The van der Waals surface area contributed by atoms with Gasteiger partial charge in [0, 0.05) is 13.1 Å². The van der Waals surface area contributed by atoms with Crippen LogP contribution in [0.5, 0.6) is 0 Å². The standard InChI is InChI=1S/C27H34N2O4.C9H13NO2/c1-3-18(4-2)25-26(32)28-24(22-12-19-7-5-6-8-20(19)13-22)27(33)29(25)14-21-10-9-17(15-30)11-23(21)16-31;10-4-8-2-1-7(5-11)3-9(8)6-12/h5-11,18,22,24-25,30-31H,3-4,12-16H2,1-2H3,(H,28,32);1-3,11-12H,4-6,10H2/t24-,25-;/m1./s1. The predicted molar refractivity (Wildman–Crippen MR) is 172 cm³/mol. The van der Waals surface area contributed by atoms with Gasteiger partial charge in [-0.1, -0.05) is 87.4 Å². The Balaban J connectivity index is 0.000000323. The Morgan fingerprint density at radius 3 is 1.80 bits per heavy atom. The van der Waals surface area contributed by atoms with Gasteiger partial charge in [-0.2, -0.15) is 0 Å². The normalized spacial score (nSPS) is 18.1. The Hall–Kier alpha value is -3.60. The summed E-state index contributed by atoms with van der Waals surface area (Å²) >= 11 is 0. The van der Waals surface area contributed by atoms with Crippen LogP contribution in [0.15, 0.2) is 60.7 Å². The van der Waals surface area contributed by atoms with Gasteiger partial charge in [-0.25, -0.2) is 0 Å². The summed E-state index contributed by atoms with van der Waals surface area (Å²) in [6.07, 6.45) is 3.16. The molecule has 9 heteroatoms. The Morgan fingerprint density at radius 1 is 0.778 bits per heavy atom. The number of aliphatic hydroxyl groups excluding tert-OH is 4. The second kappa shape index (κ2) is 16.1. The van der Waals surface area contributed by atoms with E-state index in [1.807, 2.05) is 24.3 Å². The molecule has 2 aliphatic rings. The van der Waals surface area contributed by atoms with Crippen molar-refractivity contribution in [3.8, 4) is 0 Å². The van der Waals surface area contributed by atoms with Crippen molar-refractivity contribution in [1.82, 2.24) is 10.2 Å². The predicted octanol–water partition coefficient (Wildman–Crippen LogP) is 2.85. The maximum Gasteiger partial charge on any atom is 0.246 e. The Bertz CT molecular complexity index is 1430. The van der Waals surface area contributed by atoms with Gasteiger partial charge in [-0.3, -0.25) is 9.59 Å². The molecule has 9 nitrogen and oxygen atoms in total. The third kappa shape index (κ3) is 7.80. The summed E-state index contributed by atoms with van der Waals surface area (Å²) in [5, 5.41) is 40.2. The van der Waals surface area contributed by atoms with Crippen LogP contribution in [0.25, 0.3) is 0 Å². The molecule has 1 fully saturated rings. The smallest absolute Gasteiger partial charge is 0.246 e. The second-order valence-electron chi connectivity index (χ2n) is 12.0. The zero-order valence-corrected chi connectivity index (χ0v) is 26.3. The molecule has 1 saturated heterocycles. The van der Waals surface area contributed by atoms with Gasteiger partial charge in [-0.15, -0.1) is 0 Å². The van der Waals surface area contributed by atoms with Crippen LogP contribution in [0.4, 0.5) is 0 Å². The number of benzene rings is 3. The average Bonchev–Trinajstić information content (AvgIpc) is 3.52. The molecule has 5 rings (SSSR count). The fourth-order valence-electron chi connectivity index (χ4n) is 6.67. The van der Waals surface area contributed by atoms with E-state index in [0.29, 0.717) is 17.7 Å². The average molecular weight is 618 g/mol.